The largest absolute Gasteiger partial charge is 0.505 e. The number of nitro groups is 1. The van der Waals surface area contributed by atoms with E-state index in [1.54, 1.807) is 0 Å². The van der Waals surface area contributed by atoms with Gasteiger partial charge in [-0.05, 0) is 18.9 Å². The number of para-hydroxylation sites is 1. The molecule has 1 amide bonds. The average Bonchev–Trinajstić information content (AvgIpc) is 2.37. The van der Waals surface area contributed by atoms with Gasteiger partial charge in [0.15, 0.2) is 5.69 Å². The van der Waals surface area contributed by atoms with Crippen molar-refractivity contribution in [3.63, 3.8) is 0 Å². The molecule has 0 saturated heterocycles. The Morgan fingerprint density at radius 2 is 2.21 bits per heavy atom. The zero-order valence-electron chi connectivity index (χ0n) is 10.3. The van der Waals surface area contributed by atoms with E-state index in [4.69, 9.17) is 6.42 Å². The summed E-state index contributed by atoms with van der Waals surface area (Å²) < 4.78 is 0. The summed E-state index contributed by atoms with van der Waals surface area (Å²) in [6.45, 7) is 0. The number of nitrogens with one attached hydrogen (secondary N) is 1. The van der Waals surface area contributed by atoms with Crippen LogP contribution in [0.15, 0.2) is 18.2 Å². The maximum atomic E-state index is 11.6. The highest BCUT2D eigenvalue weighted by Gasteiger charge is 2.19. The molecule has 0 fully saturated rings. The first kappa shape index (κ1) is 14.5. The lowest BCUT2D eigenvalue weighted by atomic mass is 10.2. The number of aromatic hydroxyl groups is 1. The van der Waals surface area contributed by atoms with Crippen LogP contribution in [-0.2, 0) is 4.79 Å². The van der Waals surface area contributed by atoms with E-state index in [0.717, 1.165) is 0 Å². The van der Waals surface area contributed by atoms with Gasteiger partial charge in [0.2, 0.25) is 5.91 Å². The lowest BCUT2D eigenvalue weighted by molar-refractivity contribution is -0.384. The first-order chi connectivity index (χ1) is 9.06. The van der Waals surface area contributed by atoms with Crippen LogP contribution in [0.3, 0.4) is 0 Å². The van der Waals surface area contributed by atoms with Gasteiger partial charge in [-0.15, -0.1) is 12.3 Å². The smallest absolute Gasteiger partial charge is 0.296 e. The zero-order chi connectivity index (χ0) is 14.3. The van der Waals surface area contributed by atoms with Crippen LogP contribution in [0.25, 0.3) is 0 Å². The highest BCUT2D eigenvalue weighted by atomic mass is 16.6. The second kappa shape index (κ2) is 7.01. The minimum atomic E-state index is -0.659. The van der Waals surface area contributed by atoms with Gasteiger partial charge in [-0.1, -0.05) is 6.07 Å². The molecule has 6 heteroatoms. The molecule has 0 aliphatic rings. The van der Waals surface area contributed by atoms with Crippen molar-refractivity contribution in [3.8, 4) is 18.1 Å². The predicted molar refractivity (Wildman–Crippen MR) is 70.7 cm³/mol. The van der Waals surface area contributed by atoms with Crippen molar-refractivity contribution in [2.75, 3.05) is 5.32 Å². The molecule has 6 nitrogen and oxygen atoms in total. The molecule has 1 aromatic rings. The van der Waals surface area contributed by atoms with Crippen molar-refractivity contribution in [2.45, 2.75) is 25.7 Å². The van der Waals surface area contributed by atoms with Gasteiger partial charge >= 0.3 is 0 Å². The number of amides is 1. The van der Waals surface area contributed by atoms with Gasteiger partial charge in [-0.2, -0.15) is 0 Å². The number of terminal acetylenes is 1. The number of phenols is 1. The van der Waals surface area contributed by atoms with Gasteiger partial charge in [-0.3, -0.25) is 14.9 Å². The van der Waals surface area contributed by atoms with Crippen LogP contribution in [0.5, 0.6) is 5.75 Å². The van der Waals surface area contributed by atoms with Crippen molar-refractivity contribution in [3.05, 3.63) is 28.3 Å². The Bertz CT molecular complexity index is 520. The summed E-state index contributed by atoms with van der Waals surface area (Å²) in [5.74, 6) is 1.75. The molecule has 19 heavy (non-hydrogen) atoms. The monoisotopic (exact) mass is 262 g/mol. The van der Waals surface area contributed by atoms with Gasteiger partial charge in [0.05, 0.1) is 4.92 Å². The van der Waals surface area contributed by atoms with E-state index in [-0.39, 0.29) is 29.5 Å². The predicted octanol–water partition coefficient (Wildman–Crippen LogP) is 2.43. The van der Waals surface area contributed by atoms with E-state index >= 15 is 0 Å². The summed E-state index contributed by atoms with van der Waals surface area (Å²) in [5, 5.41) is 22.7. The van der Waals surface area contributed by atoms with Crippen molar-refractivity contribution in [2.24, 2.45) is 0 Å². The van der Waals surface area contributed by atoms with Gasteiger partial charge in [0.25, 0.3) is 5.69 Å². The van der Waals surface area contributed by atoms with Crippen LogP contribution in [0.1, 0.15) is 25.7 Å². The maximum absolute atomic E-state index is 11.6. The van der Waals surface area contributed by atoms with Gasteiger partial charge in [0.1, 0.15) is 5.75 Å². The molecule has 0 aromatic heterocycles. The minimum Gasteiger partial charge on any atom is -0.505 e. The Kier molecular flexibility index (Phi) is 5.35. The third-order valence-electron chi connectivity index (χ3n) is 2.46. The van der Waals surface area contributed by atoms with Crippen LogP contribution >= 0.6 is 0 Å². The van der Waals surface area contributed by atoms with Crippen LogP contribution in [0.4, 0.5) is 11.4 Å². The van der Waals surface area contributed by atoms with Gasteiger partial charge in [0, 0.05) is 18.9 Å². The van der Waals surface area contributed by atoms with Crippen molar-refractivity contribution in [1.29, 1.82) is 0 Å². The molecular formula is C13H14N2O4. The lowest BCUT2D eigenvalue weighted by Gasteiger charge is -2.07. The number of anilines is 1. The van der Waals surface area contributed by atoms with Crippen LogP contribution in [-0.4, -0.2) is 15.9 Å². The Morgan fingerprint density at radius 3 is 2.84 bits per heavy atom. The van der Waals surface area contributed by atoms with Crippen LogP contribution in [0.2, 0.25) is 0 Å². The molecule has 0 unspecified atom stereocenters. The SMILES string of the molecule is C#CCCCCC(=O)Nc1c(O)cccc1[N+](=O)[O-]. The first-order valence-electron chi connectivity index (χ1n) is 5.76. The third-order valence-corrected chi connectivity index (χ3v) is 2.46. The normalized spacial score (nSPS) is 9.63. The Morgan fingerprint density at radius 1 is 1.47 bits per heavy atom. The second-order valence-corrected chi connectivity index (χ2v) is 3.89. The fourth-order valence-electron chi connectivity index (χ4n) is 1.52. The summed E-state index contributed by atoms with van der Waals surface area (Å²) in [4.78, 5) is 21.7. The number of nitro benzene ring substituents is 1. The second-order valence-electron chi connectivity index (χ2n) is 3.89. The average molecular weight is 262 g/mol. The molecule has 0 bridgehead atoms. The van der Waals surface area contributed by atoms with Crippen LogP contribution in [0, 0.1) is 22.5 Å². The Balaban J connectivity index is 2.69. The molecule has 0 saturated carbocycles. The molecule has 2 N–H and O–H groups in total. The Labute approximate surface area is 110 Å². The summed E-state index contributed by atoms with van der Waals surface area (Å²) in [6.07, 6.45) is 7.18. The summed E-state index contributed by atoms with van der Waals surface area (Å²) in [5.41, 5.74) is -0.508. The number of phenolic OH excluding ortho intramolecular Hbond substituents is 1. The van der Waals surface area contributed by atoms with E-state index < -0.39 is 4.92 Å². The van der Waals surface area contributed by atoms with E-state index in [0.29, 0.717) is 19.3 Å². The topological polar surface area (TPSA) is 92.5 Å². The highest BCUT2D eigenvalue weighted by molar-refractivity contribution is 5.94. The number of hydrogen-bond acceptors (Lipinski definition) is 4. The number of nitrogens with zero attached hydrogens (tertiary/aromatic N) is 1. The van der Waals surface area contributed by atoms with E-state index in [9.17, 15) is 20.0 Å². The number of hydrogen-bond donors (Lipinski definition) is 2. The molecule has 1 rings (SSSR count). The van der Waals surface area contributed by atoms with Gasteiger partial charge < -0.3 is 10.4 Å². The minimum absolute atomic E-state index is 0.172. The number of carbonyl (C=O) groups excluding carboxylic acids is 1. The van der Waals surface area contributed by atoms with E-state index in [2.05, 4.69) is 11.2 Å². The molecule has 0 aliphatic heterocycles. The molecular weight excluding hydrogens is 248 g/mol. The number of benzene rings is 1. The van der Waals surface area contributed by atoms with Crippen molar-refractivity contribution < 1.29 is 14.8 Å². The fraction of sp³-hybridized carbons (Fsp3) is 0.308. The quantitative estimate of drug-likeness (QED) is 0.271. The van der Waals surface area contributed by atoms with Crippen LogP contribution < -0.4 is 5.32 Å². The molecule has 0 spiro atoms. The first-order valence-corrected chi connectivity index (χ1v) is 5.76. The number of rotatable bonds is 6. The molecule has 0 heterocycles. The fourth-order valence-corrected chi connectivity index (χ4v) is 1.52. The van der Waals surface area contributed by atoms with Crippen molar-refractivity contribution >= 4 is 17.3 Å². The number of carbonyl (C=O) groups is 1. The molecule has 0 atom stereocenters. The molecule has 0 aliphatic carbocycles. The lowest BCUT2D eigenvalue weighted by Crippen LogP contribution is -2.12. The Hall–Kier alpha value is -2.55. The van der Waals surface area contributed by atoms with Crippen molar-refractivity contribution in [1.82, 2.24) is 0 Å². The molecule has 1 aromatic carbocycles. The maximum Gasteiger partial charge on any atom is 0.296 e. The number of unbranched alkanes of at least 4 members (excludes halogenated alkanes) is 2. The van der Waals surface area contributed by atoms with E-state index in [1.807, 2.05) is 0 Å². The summed E-state index contributed by atoms with van der Waals surface area (Å²) in [7, 11) is 0. The standard InChI is InChI=1S/C13H14N2O4/c1-2-3-4-5-9-12(17)14-13-10(15(18)19)7-6-8-11(13)16/h1,6-8,16H,3-5,9H2,(H,14,17). The van der Waals surface area contributed by atoms with E-state index in [1.165, 1.54) is 18.2 Å². The summed E-state index contributed by atoms with van der Waals surface area (Å²) >= 11 is 0. The molecule has 0 radical (unpaired) electrons. The third kappa shape index (κ3) is 4.32. The molecule has 100 valence electrons. The highest BCUT2D eigenvalue weighted by Crippen LogP contribution is 2.33. The zero-order valence-corrected chi connectivity index (χ0v) is 10.3. The van der Waals surface area contributed by atoms with Gasteiger partial charge in [-0.25, -0.2) is 0 Å². The summed E-state index contributed by atoms with van der Waals surface area (Å²) in [6, 6.07) is 3.84.